The lowest BCUT2D eigenvalue weighted by molar-refractivity contribution is 0.0500. The standard InChI is InChI=1S/C16H24FN3O2/c1-16(2,3)22-15(21)19-11-6-5-9-20(10-11)14-12(17)7-4-8-13(14)18/h4,7-8,11H,5-6,9-10,18H2,1-3H3,(H,19,21). The van der Waals surface area contributed by atoms with E-state index in [1.807, 2.05) is 25.7 Å². The molecular weight excluding hydrogens is 285 g/mol. The zero-order valence-corrected chi connectivity index (χ0v) is 13.4. The molecule has 1 saturated heterocycles. The van der Waals surface area contributed by atoms with Crippen molar-refractivity contribution in [1.29, 1.82) is 0 Å². The van der Waals surface area contributed by atoms with Crippen LogP contribution in [0, 0.1) is 5.82 Å². The maximum absolute atomic E-state index is 14.0. The third kappa shape index (κ3) is 4.26. The molecule has 1 aromatic rings. The van der Waals surface area contributed by atoms with Crippen molar-refractivity contribution in [2.75, 3.05) is 23.7 Å². The highest BCUT2D eigenvalue weighted by Gasteiger charge is 2.26. The minimum atomic E-state index is -0.533. The van der Waals surface area contributed by atoms with E-state index in [1.165, 1.54) is 6.07 Å². The zero-order valence-electron chi connectivity index (χ0n) is 13.4. The Balaban J connectivity index is 2.02. The number of anilines is 2. The van der Waals surface area contributed by atoms with Crippen LogP contribution in [0.4, 0.5) is 20.6 Å². The predicted molar refractivity (Wildman–Crippen MR) is 85.4 cm³/mol. The second-order valence-corrected chi connectivity index (χ2v) is 6.61. The highest BCUT2D eigenvalue weighted by molar-refractivity contribution is 5.70. The molecule has 0 saturated carbocycles. The molecule has 0 aromatic heterocycles. The van der Waals surface area contributed by atoms with E-state index in [1.54, 1.807) is 12.1 Å². The van der Waals surface area contributed by atoms with E-state index in [4.69, 9.17) is 10.5 Å². The number of para-hydroxylation sites is 1. The number of nitrogens with zero attached hydrogens (tertiary/aromatic N) is 1. The summed E-state index contributed by atoms with van der Waals surface area (Å²) >= 11 is 0. The molecule has 1 atom stereocenters. The monoisotopic (exact) mass is 309 g/mol. The number of hydrogen-bond acceptors (Lipinski definition) is 4. The number of rotatable bonds is 2. The van der Waals surface area contributed by atoms with Crippen LogP contribution in [-0.2, 0) is 4.74 Å². The van der Waals surface area contributed by atoms with Gasteiger partial charge in [0, 0.05) is 19.1 Å². The molecule has 2 rings (SSSR count). The minimum Gasteiger partial charge on any atom is -0.444 e. The summed E-state index contributed by atoms with van der Waals surface area (Å²) < 4.78 is 19.3. The van der Waals surface area contributed by atoms with Crippen molar-refractivity contribution in [3.63, 3.8) is 0 Å². The van der Waals surface area contributed by atoms with Gasteiger partial charge in [-0.1, -0.05) is 6.07 Å². The van der Waals surface area contributed by atoms with E-state index in [2.05, 4.69) is 5.32 Å². The number of halogens is 1. The summed E-state index contributed by atoms with van der Waals surface area (Å²) in [6, 6.07) is 4.59. The number of hydrogen-bond donors (Lipinski definition) is 2. The summed E-state index contributed by atoms with van der Waals surface area (Å²) in [4.78, 5) is 13.7. The number of piperidine rings is 1. The Kier molecular flexibility index (Phi) is 4.78. The van der Waals surface area contributed by atoms with Crippen LogP contribution in [0.2, 0.25) is 0 Å². The first-order valence-electron chi connectivity index (χ1n) is 7.55. The van der Waals surface area contributed by atoms with Gasteiger partial charge in [0.25, 0.3) is 0 Å². The summed E-state index contributed by atoms with van der Waals surface area (Å²) in [6.45, 7) is 6.70. The Morgan fingerprint density at radius 3 is 2.82 bits per heavy atom. The van der Waals surface area contributed by atoms with Gasteiger partial charge >= 0.3 is 6.09 Å². The van der Waals surface area contributed by atoms with Gasteiger partial charge in [-0.25, -0.2) is 9.18 Å². The summed E-state index contributed by atoms with van der Waals surface area (Å²) in [5.41, 5.74) is 6.18. The molecule has 6 heteroatoms. The number of nitrogens with two attached hydrogens (primary N) is 1. The summed E-state index contributed by atoms with van der Waals surface area (Å²) in [5, 5.41) is 2.85. The number of carbonyl (C=O) groups excluding carboxylic acids is 1. The fourth-order valence-electron chi connectivity index (χ4n) is 2.64. The molecule has 22 heavy (non-hydrogen) atoms. The SMILES string of the molecule is CC(C)(C)OC(=O)NC1CCCN(c2c(N)cccc2F)C1. The summed E-state index contributed by atoms with van der Waals surface area (Å²) in [5.74, 6) is -0.335. The van der Waals surface area contributed by atoms with Gasteiger partial charge in [-0.15, -0.1) is 0 Å². The average molecular weight is 309 g/mol. The van der Waals surface area contributed by atoms with Crippen molar-refractivity contribution in [3.8, 4) is 0 Å². The lowest BCUT2D eigenvalue weighted by atomic mass is 10.0. The quantitative estimate of drug-likeness (QED) is 0.824. The van der Waals surface area contributed by atoms with Gasteiger partial charge in [0.15, 0.2) is 0 Å². The molecule has 0 aliphatic carbocycles. The molecule has 1 aromatic carbocycles. The van der Waals surface area contributed by atoms with E-state index in [-0.39, 0.29) is 11.9 Å². The lowest BCUT2D eigenvalue weighted by Crippen LogP contribution is -2.49. The highest BCUT2D eigenvalue weighted by atomic mass is 19.1. The van der Waals surface area contributed by atoms with Crippen molar-refractivity contribution in [2.45, 2.75) is 45.3 Å². The first-order chi connectivity index (χ1) is 10.3. The Morgan fingerprint density at radius 2 is 2.18 bits per heavy atom. The maximum atomic E-state index is 14.0. The first-order valence-corrected chi connectivity index (χ1v) is 7.55. The molecule has 122 valence electrons. The third-order valence-electron chi connectivity index (χ3n) is 3.48. The molecule has 0 spiro atoms. The average Bonchev–Trinajstić information content (AvgIpc) is 2.36. The van der Waals surface area contributed by atoms with Gasteiger partial charge in [0.1, 0.15) is 11.4 Å². The zero-order chi connectivity index (χ0) is 16.3. The van der Waals surface area contributed by atoms with Crippen molar-refractivity contribution >= 4 is 17.5 Å². The van der Waals surface area contributed by atoms with Gasteiger partial charge in [0.2, 0.25) is 0 Å². The normalized spacial score (nSPS) is 18.9. The van der Waals surface area contributed by atoms with Crippen molar-refractivity contribution in [3.05, 3.63) is 24.0 Å². The lowest BCUT2D eigenvalue weighted by Gasteiger charge is -2.35. The predicted octanol–water partition coefficient (Wildman–Crippen LogP) is 2.90. The minimum absolute atomic E-state index is 0.0809. The van der Waals surface area contributed by atoms with Gasteiger partial charge < -0.3 is 20.7 Å². The van der Waals surface area contributed by atoms with E-state index in [0.717, 1.165) is 19.4 Å². The molecular formula is C16H24FN3O2. The van der Waals surface area contributed by atoms with Crippen LogP contribution in [-0.4, -0.2) is 30.8 Å². The topological polar surface area (TPSA) is 67.6 Å². The molecule has 1 aliphatic rings. The third-order valence-corrected chi connectivity index (χ3v) is 3.48. The molecule has 1 fully saturated rings. The Labute approximate surface area is 130 Å². The van der Waals surface area contributed by atoms with Crippen LogP contribution in [0.5, 0.6) is 0 Å². The van der Waals surface area contributed by atoms with Crippen LogP contribution in [0.25, 0.3) is 0 Å². The summed E-state index contributed by atoms with van der Waals surface area (Å²) in [6.07, 6.45) is 1.25. The van der Waals surface area contributed by atoms with Crippen molar-refractivity contribution in [2.24, 2.45) is 0 Å². The molecule has 1 heterocycles. The van der Waals surface area contributed by atoms with E-state index in [0.29, 0.717) is 17.9 Å². The van der Waals surface area contributed by atoms with Crippen LogP contribution < -0.4 is 16.0 Å². The number of amides is 1. The van der Waals surface area contributed by atoms with Gasteiger partial charge in [-0.3, -0.25) is 0 Å². The van der Waals surface area contributed by atoms with Crippen LogP contribution in [0.1, 0.15) is 33.6 Å². The highest BCUT2D eigenvalue weighted by Crippen LogP contribution is 2.29. The fourth-order valence-corrected chi connectivity index (χ4v) is 2.64. The molecule has 0 bridgehead atoms. The van der Waals surface area contributed by atoms with Gasteiger partial charge in [-0.2, -0.15) is 0 Å². The van der Waals surface area contributed by atoms with Gasteiger partial charge in [-0.05, 0) is 45.7 Å². The molecule has 0 radical (unpaired) electrons. The molecule has 1 unspecified atom stereocenters. The van der Waals surface area contributed by atoms with Crippen molar-refractivity contribution in [1.82, 2.24) is 5.32 Å². The molecule has 1 amide bonds. The van der Waals surface area contributed by atoms with E-state index >= 15 is 0 Å². The smallest absolute Gasteiger partial charge is 0.407 e. The number of alkyl carbamates (subject to hydrolysis) is 1. The summed E-state index contributed by atoms with van der Waals surface area (Å²) in [7, 11) is 0. The molecule has 3 N–H and O–H groups in total. The Morgan fingerprint density at radius 1 is 1.45 bits per heavy atom. The first kappa shape index (κ1) is 16.4. The van der Waals surface area contributed by atoms with Crippen LogP contribution in [0.3, 0.4) is 0 Å². The Bertz CT molecular complexity index is 522. The van der Waals surface area contributed by atoms with Crippen LogP contribution >= 0.6 is 0 Å². The molecule has 5 nitrogen and oxygen atoms in total. The number of ether oxygens (including phenoxy) is 1. The Hall–Kier alpha value is -1.98. The second kappa shape index (κ2) is 6.42. The van der Waals surface area contributed by atoms with Crippen LogP contribution in [0.15, 0.2) is 18.2 Å². The number of benzene rings is 1. The van der Waals surface area contributed by atoms with Gasteiger partial charge in [0.05, 0.1) is 11.4 Å². The second-order valence-electron chi connectivity index (χ2n) is 6.61. The van der Waals surface area contributed by atoms with E-state index < -0.39 is 11.7 Å². The van der Waals surface area contributed by atoms with Crippen molar-refractivity contribution < 1.29 is 13.9 Å². The largest absolute Gasteiger partial charge is 0.444 e. The number of nitrogens with one attached hydrogen (secondary N) is 1. The maximum Gasteiger partial charge on any atom is 0.407 e. The number of carbonyl (C=O) groups is 1. The number of nitrogen functional groups attached to an aromatic ring is 1. The van der Waals surface area contributed by atoms with E-state index in [9.17, 15) is 9.18 Å². The fraction of sp³-hybridized carbons (Fsp3) is 0.562. The molecule has 1 aliphatic heterocycles.